The third kappa shape index (κ3) is 4.99. The maximum Gasteiger partial charge on any atom is 0.236 e. The quantitative estimate of drug-likeness (QED) is 0.773. The van der Waals surface area contributed by atoms with Gasteiger partial charge in [-0.05, 0) is 50.2 Å². The van der Waals surface area contributed by atoms with Gasteiger partial charge in [0, 0.05) is 37.0 Å². The lowest BCUT2D eigenvalue weighted by molar-refractivity contribution is -0.140. The van der Waals surface area contributed by atoms with Crippen LogP contribution < -0.4 is 0 Å². The number of hydrogen-bond acceptors (Lipinski definition) is 3. The second-order valence-electron chi connectivity index (χ2n) is 7.52. The molecule has 6 heteroatoms. The van der Waals surface area contributed by atoms with Crippen LogP contribution in [0.3, 0.4) is 0 Å². The third-order valence-corrected chi connectivity index (χ3v) is 7.34. The van der Waals surface area contributed by atoms with E-state index in [-0.39, 0.29) is 11.8 Å². The van der Waals surface area contributed by atoms with Crippen LogP contribution in [-0.4, -0.2) is 49.2 Å². The molecule has 148 valence electrons. The minimum atomic E-state index is -3.44. The summed E-state index contributed by atoms with van der Waals surface area (Å²) in [5.41, 5.74) is 0.863. The fraction of sp³-hybridized carbons (Fsp3) is 0.571. The van der Waals surface area contributed by atoms with Gasteiger partial charge in [0.2, 0.25) is 15.9 Å². The van der Waals surface area contributed by atoms with Crippen LogP contribution >= 0.6 is 0 Å². The average molecular weight is 391 g/mol. The van der Waals surface area contributed by atoms with E-state index in [2.05, 4.69) is 11.8 Å². The van der Waals surface area contributed by atoms with Crippen LogP contribution in [0.5, 0.6) is 0 Å². The van der Waals surface area contributed by atoms with Gasteiger partial charge in [-0.1, -0.05) is 37.3 Å². The molecule has 0 N–H and O–H groups in total. The van der Waals surface area contributed by atoms with Crippen molar-refractivity contribution >= 4 is 22.0 Å². The van der Waals surface area contributed by atoms with Crippen LogP contribution in [-0.2, 0) is 14.8 Å². The Labute approximate surface area is 163 Å². The van der Waals surface area contributed by atoms with Gasteiger partial charge in [-0.3, -0.25) is 4.79 Å². The molecule has 0 aromatic heterocycles. The highest BCUT2D eigenvalue weighted by atomic mass is 32.2. The highest BCUT2D eigenvalue weighted by molar-refractivity contribution is 7.92. The molecule has 0 aliphatic carbocycles. The second kappa shape index (κ2) is 9.02. The summed E-state index contributed by atoms with van der Waals surface area (Å²) < 4.78 is 26.7. The normalized spacial score (nSPS) is 23.0. The van der Waals surface area contributed by atoms with E-state index in [9.17, 15) is 13.2 Å². The van der Waals surface area contributed by atoms with Crippen molar-refractivity contribution in [3.63, 3.8) is 0 Å². The van der Waals surface area contributed by atoms with Crippen LogP contribution in [0, 0.1) is 5.92 Å². The molecular formula is C21H30N2O3S. The van der Waals surface area contributed by atoms with Gasteiger partial charge in [-0.2, -0.15) is 4.31 Å². The Morgan fingerprint density at radius 1 is 1.07 bits per heavy atom. The van der Waals surface area contributed by atoms with Crippen molar-refractivity contribution in [2.24, 2.45) is 5.92 Å². The minimum Gasteiger partial charge on any atom is -0.339 e. The van der Waals surface area contributed by atoms with E-state index >= 15 is 0 Å². The van der Waals surface area contributed by atoms with E-state index in [1.165, 1.54) is 16.1 Å². The Morgan fingerprint density at radius 2 is 1.78 bits per heavy atom. The first kappa shape index (κ1) is 20.1. The highest BCUT2D eigenvalue weighted by Gasteiger charge is 2.34. The fourth-order valence-electron chi connectivity index (χ4n) is 4.12. The van der Waals surface area contributed by atoms with Crippen LogP contribution in [0.1, 0.15) is 51.0 Å². The molecule has 0 radical (unpaired) electrons. The zero-order valence-electron chi connectivity index (χ0n) is 16.1. The fourth-order valence-corrected chi connectivity index (χ4v) is 5.34. The molecule has 2 saturated heterocycles. The average Bonchev–Trinajstić information content (AvgIpc) is 2.72. The summed E-state index contributed by atoms with van der Waals surface area (Å²) in [6, 6.07) is 9.78. The molecule has 1 unspecified atom stereocenters. The number of rotatable bonds is 5. The molecule has 2 heterocycles. The standard InChI is InChI=1S/C21H30N2O3S/c1-2-20-10-6-7-14-23(20)21(24)19-11-15-22(16-12-19)27(25,26)17-13-18-8-4-3-5-9-18/h3-5,8-9,13,17,19-20H,2,6-7,10-12,14-16H2,1H3/b17-13+. The summed E-state index contributed by atoms with van der Waals surface area (Å²) >= 11 is 0. The van der Waals surface area contributed by atoms with Gasteiger partial charge < -0.3 is 4.90 Å². The number of benzene rings is 1. The Balaban J connectivity index is 1.58. The van der Waals surface area contributed by atoms with Gasteiger partial charge in [0.15, 0.2) is 0 Å². The van der Waals surface area contributed by atoms with Crippen LogP contribution in [0.15, 0.2) is 35.7 Å². The van der Waals surface area contributed by atoms with E-state index < -0.39 is 10.0 Å². The molecule has 1 atom stereocenters. The minimum absolute atomic E-state index is 0.0401. The molecule has 0 bridgehead atoms. The lowest BCUT2D eigenvalue weighted by atomic mass is 9.92. The van der Waals surface area contributed by atoms with Gasteiger partial charge in [-0.15, -0.1) is 0 Å². The van der Waals surface area contributed by atoms with Crippen molar-refractivity contribution in [1.82, 2.24) is 9.21 Å². The number of carbonyl (C=O) groups is 1. The maximum atomic E-state index is 12.9. The molecule has 0 spiro atoms. The van der Waals surface area contributed by atoms with Crippen LogP contribution in [0.4, 0.5) is 0 Å². The summed E-state index contributed by atoms with van der Waals surface area (Å²) in [5, 5.41) is 1.28. The molecule has 27 heavy (non-hydrogen) atoms. The largest absolute Gasteiger partial charge is 0.339 e. The van der Waals surface area contributed by atoms with E-state index in [0.717, 1.165) is 31.4 Å². The van der Waals surface area contributed by atoms with Crippen molar-refractivity contribution in [2.75, 3.05) is 19.6 Å². The molecule has 1 aromatic carbocycles. The molecule has 3 rings (SSSR count). The van der Waals surface area contributed by atoms with Gasteiger partial charge in [0.25, 0.3) is 0 Å². The topological polar surface area (TPSA) is 57.7 Å². The smallest absolute Gasteiger partial charge is 0.236 e. The molecule has 2 aliphatic rings. The van der Waals surface area contributed by atoms with Gasteiger partial charge in [-0.25, -0.2) is 8.42 Å². The SMILES string of the molecule is CCC1CCCCN1C(=O)C1CCN(S(=O)(=O)/C=C/c2ccccc2)CC1. The first-order valence-corrected chi connectivity index (χ1v) is 11.6. The van der Waals surface area contributed by atoms with E-state index in [0.29, 0.717) is 32.0 Å². The molecule has 5 nitrogen and oxygen atoms in total. The number of likely N-dealkylation sites (tertiary alicyclic amines) is 1. The van der Waals surface area contributed by atoms with E-state index in [1.807, 2.05) is 30.3 Å². The lowest BCUT2D eigenvalue weighted by Gasteiger charge is -2.39. The third-order valence-electron chi connectivity index (χ3n) is 5.78. The van der Waals surface area contributed by atoms with Gasteiger partial charge in [0.05, 0.1) is 0 Å². The zero-order valence-corrected chi connectivity index (χ0v) is 16.9. The first-order valence-electron chi connectivity index (χ1n) is 10.0. The Morgan fingerprint density at radius 3 is 2.44 bits per heavy atom. The number of piperidine rings is 2. The van der Waals surface area contributed by atoms with Crippen molar-refractivity contribution in [3.8, 4) is 0 Å². The first-order chi connectivity index (χ1) is 13.0. The monoisotopic (exact) mass is 390 g/mol. The predicted molar refractivity (Wildman–Crippen MR) is 108 cm³/mol. The lowest BCUT2D eigenvalue weighted by Crippen LogP contribution is -2.49. The number of amides is 1. The Kier molecular flexibility index (Phi) is 6.71. The van der Waals surface area contributed by atoms with Crippen molar-refractivity contribution in [3.05, 3.63) is 41.3 Å². The van der Waals surface area contributed by atoms with Crippen molar-refractivity contribution in [1.29, 1.82) is 0 Å². The molecular weight excluding hydrogens is 360 g/mol. The number of hydrogen-bond donors (Lipinski definition) is 0. The summed E-state index contributed by atoms with van der Waals surface area (Å²) in [4.78, 5) is 15.0. The maximum absolute atomic E-state index is 12.9. The molecule has 1 amide bonds. The van der Waals surface area contributed by atoms with Gasteiger partial charge in [0.1, 0.15) is 0 Å². The Hall–Kier alpha value is -1.66. The predicted octanol–water partition coefficient (Wildman–Crippen LogP) is 3.49. The summed E-state index contributed by atoms with van der Waals surface area (Å²) in [6.07, 6.45) is 7.25. The summed E-state index contributed by atoms with van der Waals surface area (Å²) in [5.74, 6) is 0.195. The van der Waals surface area contributed by atoms with E-state index in [4.69, 9.17) is 0 Å². The number of nitrogens with zero attached hydrogens (tertiary/aromatic N) is 2. The van der Waals surface area contributed by atoms with Crippen molar-refractivity contribution in [2.45, 2.75) is 51.5 Å². The van der Waals surface area contributed by atoms with Crippen LogP contribution in [0.25, 0.3) is 6.08 Å². The zero-order chi connectivity index (χ0) is 19.3. The number of carbonyl (C=O) groups excluding carboxylic acids is 1. The van der Waals surface area contributed by atoms with Crippen molar-refractivity contribution < 1.29 is 13.2 Å². The molecule has 2 aliphatic heterocycles. The van der Waals surface area contributed by atoms with Crippen LogP contribution in [0.2, 0.25) is 0 Å². The van der Waals surface area contributed by atoms with Gasteiger partial charge >= 0.3 is 0 Å². The summed E-state index contributed by atoms with van der Waals surface area (Å²) in [6.45, 7) is 3.84. The summed E-state index contributed by atoms with van der Waals surface area (Å²) in [7, 11) is -3.44. The van der Waals surface area contributed by atoms with E-state index in [1.54, 1.807) is 6.08 Å². The molecule has 1 aromatic rings. The Bertz CT molecular complexity index is 753. The molecule has 2 fully saturated rings. The second-order valence-corrected chi connectivity index (χ2v) is 9.34. The number of sulfonamides is 1. The molecule has 0 saturated carbocycles. The highest BCUT2D eigenvalue weighted by Crippen LogP contribution is 2.27.